The molecule has 1 aromatic heterocycles. The van der Waals surface area contributed by atoms with E-state index >= 15 is 0 Å². The Labute approximate surface area is 116 Å². The van der Waals surface area contributed by atoms with Gasteiger partial charge in [-0.25, -0.2) is 0 Å². The molecule has 0 aromatic carbocycles. The molecular formula is C16H24N2O. The Morgan fingerprint density at radius 1 is 1.32 bits per heavy atom. The highest BCUT2D eigenvalue weighted by atomic mass is 16.2. The molecular weight excluding hydrogens is 236 g/mol. The summed E-state index contributed by atoms with van der Waals surface area (Å²) in [6.07, 6.45) is 8.32. The summed E-state index contributed by atoms with van der Waals surface area (Å²) in [5.41, 5.74) is 0.869. The molecule has 19 heavy (non-hydrogen) atoms. The van der Waals surface area contributed by atoms with Gasteiger partial charge in [0, 0.05) is 24.0 Å². The quantitative estimate of drug-likeness (QED) is 0.833. The highest BCUT2D eigenvalue weighted by Gasteiger charge is 2.27. The lowest BCUT2D eigenvalue weighted by Gasteiger charge is -2.37. The van der Waals surface area contributed by atoms with E-state index < -0.39 is 0 Å². The number of aromatic nitrogens is 1. The highest BCUT2D eigenvalue weighted by Crippen LogP contribution is 2.24. The second-order valence-corrected chi connectivity index (χ2v) is 5.68. The van der Waals surface area contributed by atoms with E-state index in [-0.39, 0.29) is 11.9 Å². The number of pyridine rings is 1. The van der Waals surface area contributed by atoms with Gasteiger partial charge in [0.2, 0.25) is 5.91 Å². The molecule has 0 saturated heterocycles. The van der Waals surface area contributed by atoms with Crippen LogP contribution >= 0.6 is 0 Å². The third-order valence-corrected chi connectivity index (χ3v) is 3.87. The third kappa shape index (κ3) is 3.79. The molecule has 0 bridgehead atoms. The fourth-order valence-corrected chi connectivity index (χ4v) is 3.02. The van der Waals surface area contributed by atoms with Crippen molar-refractivity contribution in [2.24, 2.45) is 0 Å². The van der Waals surface area contributed by atoms with Crippen molar-refractivity contribution in [3.05, 3.63) is 30.1 Å². The molecule has 1 heterocycles. The van der Waals surface area contributed by atoms with Gasteiger partial charge in [-0.05, 0) is 38.8 Å². The number of nitrogens with zero attached hydrogens (tertiary/aromatic N) is 2. The molecule has 104 valence electrons. The van der Waals surface area contributed by atoms with Crippen LogP contribution in [-0.2, 0) is 11.2 Å². The lowest BCUT2D eigenvalue weighted by molar-refractivity contribution is -0.135. The average Bonchev–Trinajstić information content (AvgIpc) is 2.40. The van der Waals surface area contributed by atoms with Crippen LogP contribution in [0.4, 0.5) is 0 Å². The molecule has 1 aliphatic carbocycles. The maximum absolute atomic E-state index is 12.5. The minimum atomic E-state index is 0.223. The smallest absolute Gasteiger partial charge is 0.229 e. The largest absolute Gasteiger partial charge is 0.337 e. The molecule has 1 fully saturated rings. The van der Waals surface area contributed by atoms with Gasteiger partial charge in [0.1, 0.15) is 0 Å². The Morgan fingerprint density at radius 3 is 2.63 bits per heavy atom. The monoisotopic (exact) mass is 260 g/mol. The Morgan fingerprint density at radius 2 is 2.05 bits per heavy atom. The normalized spacial score (nSPS) is 16.6. The third-order valence-electron chi connectivity index (χ3n) is 3.87. The van der Waals surface area contributed by atoms with Gasteiger partial charge in [-0.15, -0.1) is 0 Å². The molecule has 0 aliphatic heterocycles. The summed E-state index contributed by atoms with van der Waals surface area (Å²) < 4.78 is 0. The summed E-state index contributed by atoms with van der Waals surface area (Å²) in [5.74, 6) is 0.223. The summed E-state index contributed by atoms with van der Waals surface area (Å²) in [6.45, 7) is 4.23. The number of rotatable bonds is 4. The molecule has 1 aromatic rings. The van der Waals surface area contributed by atoms with Crippen LogP contribution in [0.15, 0.2) is 24.4 Å². The first-order chi connectivity index (χ1) is 9.18. The lowest BCUT2D eigenvalue weighted by atomic mass is 9.93. The molecule has 2 rings (SSSR count). The lowest BCUT2D eigenvalue weighted by Crippen LogP contribution is -2.46. The van der Waals surface area contributed by atoms with E-state index in [0.29, 0.717) is 12.5 Å². The molecule has 0 radical (unpaired) electrons. The van der Waals surface area contributed by atoms with Crippen LogP contribution in [0.1, 0.15) is 51.6 Å². The molecule has 1 amide bonds. The van der Waals surface area contributed by atoms with E-state index in [1.165, 1.54) is 19.3 Å². The molecule has 0 atom stereocenters. The number of amides is 1. The minimum absolute atomic E-state index is 0.223. The Hall–Kier alpha value is -1.38. The maximum atomic E-state index is 12.5. The number of carbonyl (C=O) groups excluding carboxylic acids is 1. The van der Waals surface area contributed by atoms with Crippen molar-refractivity contribution < 1.29 is 4.79 Å². The van der Waals surface area contributed by atoms with Crippen molar-refractivity contribution >= 4 is 5.91 Å². The number of carbonyl (C=O) groups is 1. The molecule has 1 saturated carbocycles. The summed E-state index contributed by atoms with van der Waals surface area (Å²) in [4.78, 5) is 18.9. The predicted molar refractivity (Wildman–Crippen MR) is 76.8 cm³/mol. The first-order valence-corrected chi connectivity index (χ1v) is 7.39. The van der Waals surface area contributed by atoms with Gasteiger partial charge >= 0.3 is 0 Å². The summed E-state index contributed by atoms with van der Waals surface area (Å²) in [5, 5.41) is 0. The minimum Gasteiger partial charge on any atom is -0.337 e. The first kappa shape index (κ1) is 14.0. The fourth-order valence-electron chi connectivity index (χ4n) is 3.02. The summed E-state index contributed by atoms with van der Waals surface area (Å²) in [6, 6.07) is 6.46. The van der Waals surface area contributed by atoms with Gasteiger partial charge in [-0.2, -0.15) is 0 Å². The molecule has 0 unspecified atom stereocenters. The van der Waals surface area contributed by atoms with Gasteiger partial charge in [-0.1, -0.05) is 25.3 Å². The SMILES string of the molecule is CC(C)N(C(=O)Cc1ccccn1)C1CCCCC1. The van der Waals surface area contributed by atoms with Crippen molar-refractivity contribution in [1.82, 2.24) is 9.88 Å². The zero-order valence-electron chi connectivity index (χ0n) is 12.0. The molecule has 3 nitrogen and oxygen atoms in total. The van der Waals surface area contributed by atoms with Crippen molar-refractivity contribution in [2.45, 2.75) is 64.5 Å². The van der Waals surface area contributed by atoms with Gasteiger partial charge < -0.3 is 4.90 Å². The second kappa shape index (κ2) is 6.69. The zero-order valence-corrected chi connectivity index (χ0v) is 12.0. The van der Waals surface area contributed by atoms with E-state index in [9.17, 15) is 4.79 Å². The van der Waals surface area contributed by atoms with E-state index in [1.54, 1.807) is 6.20 Å². The van der Waals surface area contributed by atoms with Gasteiger partial charge in [-0.3, -0.25) is 9.78 Å². The van der Waals surface area contributed by atoms with E-state index in [1.807, 2.05) is 18.2 Å². The van der Waals surface area contributed by atoms with Crippen molar-refractivity contribution in [2.75, 3.05) is 0 Å². The number of hydrogen-bond acceptors (Lipinski definition) is 2. The molecule has 1 aliphatic rings. The van der Waals surface area contributed by atoms with Crippen LogP contribution in [0.2, 0.25) is 0 Å². The van der Waals surface area contributed by atoms with Crippen LogP contribution < -0.4 is 0 Å². The highest BCUT2D eigenvalue weighted by molar-refractivity contribution is 5.79. The maximum Gasteiger partial charge on any atom is 0.229 e. The van der Waals surface area contributed by atoms with Crippen LogP contribution in [0.5, 0.6) is 0 Å². The van der Waals surface area contributed by atoms with E-state index in [0.717, 1.165) is 18.5 Å². The van der Waals surface area contributed by atoms with Crippen molar-refractivity contribution in [3.63, 3.8) is 0 Å². The Bertz CT molecular complexity index is 396. The number of hydrogen-bond donors (Lipinski definition) is 0. The fraction of sp³-hybridized carbons (Fsp3) is 0.625. The van der Waals surface area contributed by atoms with E-state index in [2.05, 4.69) is 23.7 Å². The zero-order chi connectivity index (χ0) is 13.7. The summed E-state index contributed by atoms with van der Waals surface area (Å²) >= 11 is 0. The first-order valence-electron chi connectivity index (χ1n) is 7.39. The van der Waals surface area contributed by atoms with Crippen molar-refractivity contribution in [3.8, 4) is 0 Å². The Balaban J connectivity index is 2.04. The van der Waals surface area contributed by atoms with Gasteiger partial charge in [0.25, 0.3) is 0 Å². The predicted octanol–water partition coefficient (Wildman–Crippen LogP) is 3.19. The molecule has 3 heteroatoms. The topological polar surface area (TPSA) is 33.2 Å². The van der Waals surface area contributed by atoms with Crippen LogP contribution in [0.25, 0.3) is 0 Å². The van der Waals surface area contributed by atoms with Gasteiger partial charge in [0.15, 0.2) is 0 Å². The van der Waals surface area contributed by atoms with Crippen LogP contribution in [-0.4, -0.2) is 27.9 Å². The standard InChI is InChI=1S/C16H24N2O/c1-13(2)18(15-9-4-3-5-10-15)16(19)12-14-8-6-7-11-17-14/h6-8,11,13,15H,3-5,9-10,12H2,1-2H3. The molecule has 0 spiro atoms. The molecule has 0 N–H and O–H groups in total. The van der Waals surface area contributed by atoms with Crippen LogP contribution in [0, 0.1) is 0 Å². The Kier molecular flexibility index (Phi) is 4.94. The van der Waals surface area contributed by atoms with Gasteiger partial charge in [0.05, 0.1) is 6.42 Å². The van der Waals surface area contributed by atoms with E-state index in [4.69, 9.17) is 0 Å². The summed E-state index contributed by atoms with van der Waals surface area (Å²) in [7, 11) is 0. The van der Waals surface area contributed by atoms with Crippen molar-refractivity contribution in [1.29, 1.82) is 0 Å². The average molecular weight is 260 g/mol. The second-order valence-electron chi connectivity index (χ2n) is 5.68. The van der Waals surface area contributed by atoms with Crippen LogP contribution in [0.3, 0.4) is 0 Å².